The minimum Gasteiger partial charge on any atom is -0.497 e. The zero-order valence-electron chi connectivity index (χ0n) is 12.5. The predicted molar refractivity (Wildman–Crippen MR) is 83.1 cm³/mol. The highest BCUT2D eigenvalue weighted by atomic mass is 35.5. The molecule has 2 nitrogen and oxygen atoms in total. The van der Waals surface area contributed by atoms with Crippen LogP contribution in [0.4, 0.5) is 4.39 Å². The molecule has 0 aromatic heterocycles. The van der Waals surface area contributed by atoms with Crippen LogP contribution < -0.4 is 9.47 Å². The van der Waals surface area contributed by atoms with Gasteiger partial charge < -0.3 is 9.47 Å². The van der Waals surface area contributed by atoms with E-state index >= 15 is 0 Å². The second-order valence-electron chi connectivity index (χ2n) is 4.92. The fourth-order valence-corrected chi connectivity index (χ4v) is 3.03. The van der Waals surface area contributed by atoms with Gasteiger partial charge in [-0.2, -0.15) is 0 Å². The van der Waals surface area contributed by atoms with Crippen molar-refractivity contribution in [2.75, 3.05) is 14.2 Å². The van der Waals surface area contributed by atoms with E-state index < -0.39 is 5.38 Å². The van der Waals surface area contributed by atoms with E-state index in [1.807, 2.05) is 26.0 Å². The van der Waals surface area contributed by atoms with Crippen LogP contribution in [-0.4, -0.2) is 14.2 Å². The second kappa shape index (κ2) is 6.35. The van der Waals surface area contributed by atoms with E-state index in [1.54, 1.807) is 20.3 Å². The smallest absolute Gasteiger partial charge is 0.127 e. The van der Waals surface area contributed by atoms with E-state index in [0.29, 0.717) is 11.5 Å². The number of ether oxygens (including phenoxy) is 2. The first kappa shape index (κ1) is 15.6. The lowest BCUT2D eigenvalue weighted by Gasteiger charge is -2.19. The molecule has 0 radical (unpaired) electrons. The van der Waals surface area contributed by atoms with Crippen LogP contribution in [0.1, 0.15) is 27.6 Å². The van der Waals surface area contributed by atoms with Crippen LogP contribution in [0.5, 0.6) is 11.5 Å². The molecule has 0 saturated heterocycles. The van der Waals surface area contributed by atoms with E-state index in [4.69, 9.17) is 21.1 Å². The Labute approximate surface area is 129 Å². The second-order valence-corrected chi connectivity index (χ2v) is 5.36. The molecule has 0 N–H and O–H groups in total. The van der Waals surface area contributed by atoms with Crippen molar-refractivity contribution in [2.45, 2.75) is 19.2 Å². The molecule has 0 bridgehead atoms. The van der Waals surface area contributed by atoms with Crippen molar-refractivity contribution >= 4 is 11.6 Å². The Kier molecular flexibility index (Phi) is 4.73. The summed E-state index contributed by atoms with van der Waals surface area (Å²) in [5.41, 5.74) is 3.38. The maximum Gasteiger partial charge on any atom is 0.127 e. The van der Waals surface area contributed by atoms with Gasteiger partial charge in [-0.1, -0.05) is 0 Å². The Morgan fingerprint density at radius 3 is 2.14 bits per heavy atom. The lowest BCUT2D eigenvalue weighted by Crippen LogP contribution is -2.03. The third-order valence-electron chi connectivity index (χ3n) is 3.53. The van der Waals surface area contributed by atoms with Crippen LogP contribution in [0.25, 0.3) is 0 Å². The molecule has 0 fully saturated rings. The fraction of sp³-hybridized carbons (Fsp3) is 0.294. The highest BCUT2D eigenvalue weighted by molar-refractivity contribution is 6.23. The zero-order chi connectivity index (χ0) is 15.6. The van der Waals surface area contributed by atoms with Gasteiger partial charge in [0.05, 0.1) is 19.6 Å². The molecule has 0 spiro atoms. The maximum atomic E-state index is 13.4. The van der Waals surface area contributed by atoms with Gasteiger partial charge in [-0.3, -0.25) is 0 Å². The summed E-state index contributed by atoms with van der Waals surface area (Å²) in [6.07, 6.45) is 0. The quantitative estimate of drug-likeness (QED) is 0.756. The largest absolute Gasteiger partial charge is 0.497 e. The van der Waals surface area contributed by atoms with Gasteiger partial charge in [0.15, 0.2) is 0 Å². The average Bonchev–Trinajstić information content (AvgIpc) is 2.45. The number of halogens is 2. The van der Waals surface area contributed by atoms with Gasteiger partial charge in [-0.05, 0) is 54.8 Å². The highest BCUT2D eigenvalue weighted by Crippen LogP contribution is 2.39. The van der Waals surface area contributed by atoms with Crippen LogP contribution in [-0.2, 0) is 0 Å². The summed E-state index contributed by atoms with van der Waals surface area (Å²) in [6, 6.07) is 8.49. The summed E-state index contributed by atoms with van der Waals surface area (Å²) < 4.78 is 24.0. The molecule has 1 atom stereocenters. The minimum atomic E-state index is -0.411. The molecule has 0 aliphatic carbocycles. The van der Waals surface area contributed by atoms with Crippen molar-refractivity contribution in [1.29, 1.82) is 0 Å². The molecule has 4 heteroatoms. The van der Waals surface area contributed by atoms with Crippen molar-refractivity contribution < 1.29 is 13.9 Å². The molecule has 2 aromatic rings. The summed E-state index contributed by atoms with van der Waals surface area (Å²) in [6.45, 7) is 3.72. The normalized spacial score (nSPS) is 12.1. The van der Waals surface area contributed by atoms with Crippen LogP contribution in [0.15, 0.2) is 30.3 Å². The fourth-order valence-electron chi connectivity index (χ4n) is 2.50. The van der Waals surface area contributed by atoms with Gasteiger partial charge in [0.1, 0.15) is 17.3 Å². The summed E-state index contributed by atoms with van der Waals surface area (Å²) in [5, 5.41) is -0.411. The van der Waals surface area contributed by atoms with E-state index in [2.05, 4.69) is 0 Å². The Morgan fingerprint density at radius 1 is 1.00 bits per heavy atom. The molecule has 2 aromatic carbocycles. The van der Waals surface area contributed by atoms with E-state index in [9.17, 15) is 4.39 Å². The van der Waals surface area contributed by atoms with E-state index in [1.165, 1.54) is 12.1 Å². The van der Waals surface area contributed by atoms with E-state index in [-0.39, 0.29) is 5.82 Å². The van der Waals surface area contributed by atoms with E-state index in [0.717, 1.165) is 22.3 Å². The molecule has 21 heavy (non-hydrogen) atoms. The van der Waals surface area contributed by atoms with Crippen LogP contribution >= 0.6 is 11.6 Å². The van der Waals surface area contributed by atoms with Crippen LogP contribution in [0.2, 0.25) is 0 Å². The van der Waals surface area contributed by atoms with Crippen molar-refractivity contribution in [2.24, 2.45) is 0 Å². The molecule has 112 valence electrons. The van der Waals surface area contributed by atoms with Crippen molar-refractivity contribution in [3.8, 4) is 11.5 Å². The Balaban J connectivity index is 2.52. The topological polar surface area (TPSA) is 18.5 Å². The summed E-state index contributed by atoms with van der Waals surface area (Å²) in [5.74, 6) is 1.10. The van der Waals surface area contributed by atoms with Gasteiger partial charge >= 0.3 is 0 Å². The molecule has 0 aliphatic rings. The molecule has 1 unspecified atom stereocenters. The maximum absolute atomic E-state index is 13.4. The predicted octanol–water partition coefficient (Wildman–Crippen LogP) is 4.79. The van der Waals surface area contributed by atoms with Gasteiger partial charge in [0, 0.05) is 11.6 Å². The first-order chi connectivity index (χ1) is 9.97. The molecule has 0 aliphatic heterocycles. The molecule has 0 saturated carbocycles. The lowest BCUT2D eigenvalue weighted by molar-refractivity contribution is 0.391. The number of aryl methyl sites for hydroxylation is 2. The summed E-state index contributed by atoms with van der Waals surface area (Å²) in [7, 11) is 3.19. The monoisotopic (exact) mass is 308 g/mol. The molecule has 0 amide bonds. The molecule has 2 rings (SSSR count). The standard InChI is InChI=1S/C17H18ClFO2/c1-10-7-12(19)8-11(2)16(10)17(18)14-6-5-13(20-3)9-15(14)21-4/h5-9,17H,1-4H3. The van der Waals surface area contributed by atoms with Gasteiger partial charge in [0.2, 0.25) is 0 Å². The average molecular weight is 309 g/mol. The lowest BCUT2D eigenvalue weighted by atomic mass is 9.95. The zero-order valence-corrected chi connectivity index (χ0v) is 13.3. The van der Waals surface area contributed by atoms with Crippen LogP contribution in [0, 0.1) is 19.7 Å². The molecule has 0 heterocycles. The van der Waals surface area contributed by atoms with Crippen molar-refractivity contribution in [3.05, 3.63) is 58.4 Å². The Hall–Kier alpha value is -1.74. The van der Waals surface area contributed by atoms with Gasteiger partial charge in [0.25, 0.3) is 0 Å². The summed E-state index contributed by atoms with van der Waals surface area (Å²) >= 11 is 6.63. The van der Waals surface area contributed by atoms with Crippen molar-refractivity contribution in [3.63, 3.8) is 0 Å². The molecular formula is C17H18ClFO2. The van der Waals surface area contributed by atoms with Gasteiger partial charge in [-0.25, -0.2) is 4.39 Å². The number of alkyl halides is 1. The van der Waals surface area contributed by atoms with Gasteiger partial charge in [-0.15, -0.1) is 11.6 Å². The van der Waals surface area contributed by atoms with Crippen molar-refractivity contribution in [1.82, 2.24) is 0 Å². The first-order valence-electron chi connectivity index (χ1n) is 6.60. The van der Waals surface area contributed by atoms with Crippen LogP contribution in [0.3, 0.4) is 0 Å². The number of rotatable bonds is 4. The minimum absolute atomic E-state index is 0.251. The Morgan fingerprint density at radius 2 is 1.62 bits per heavy atom. The number of hydrogen-bond donors (Lipinski definition) is 0. The third kappa shape index (κ3) is 3.13. The third-order valence-corrected chi connectivity index (χ3v) is 3.98. The number of methoxy groups -OCH3 is 2. The summed E-state index contributed by atoms with van der Waals surface area (Å²) in [4.78, 5) is 0. The SMILES string of the molecule is COc1ccc(C(Cl)c2c(C)cc(F)cc2C)c(OC)c1. The first-order valence-corrected chi connectivity index (χ1v) is 7.04. The molecular weight excluding hydrogens is 291 g/mol. The number of benzene rings is 2. The number of hydrogen-bond acceptors (Lipinski definition) is 2. The Bertz CT molecular complexity index is 632. The highest BCUT2D eigenvalue weighted by Gasteiger charge is 2.20.